The Balaban J connectivity index is 2.75. The fourth-order valence-electron chi connectivity index (χ4n) is 0.750. The summed E-state index contributed by atoms with van der Waals surface area (Å²) >= 11 is 1.30. The van der Waals surface area contributed by atoms with Crippen LogP contribution in [0.3, 0.4) is 0 Å². The van der Waals surface area contributed by atoms with Crippen molar-refractivity contribution >= 4 is 22.4 Å². The van der Waals surface area contributed by atoms with Crippen LogP contribution in [0, 0.1) is 0 Å². The molecule has 2 N–H and O–H groups in total. The van der Waals surface area contributed by atoms with Crippen molar-refractivity contribution in [3.8, 4) is 0 Å². The molecule has 0 atom stereocenters. The summed E-state index contributed by atoms with van der Waals surface area (Å²) in [5.74, 6) is -0.988. The molecule has 1 heterocycles. The number of carboxylic acids is 1. The lowest BCUT2D eigenvalue weighted by molar-refractivity contribution is 0.0691. The zero-order valence-electron chi connectivity index (χ0n) is 7.79. The lowest BCUT2D eigenvalue weighted by Gasteiger charge is -2.19. The maximum absolute atomic E-state index is 10.5. The Morgan fingerprint density at radius 2 is 2.23 bits per heavy atom. The summed E-state index contributed by atoms with van der Waals surface area (Å²) in [6.45, 7) is 5.98. The molecule has 1 aromatic heterocycles. The molecule has 0 aliphatic heterocycles. The molecule has 5 heteroatoms. The summed E-state index contributed by atoms with van der Waals surface area (Å²) in [5.41, 5.74) is 0.00456. The van der Waals surface area contributed by atoms with E-state index < -0.39 is 5.97 Å². The lowest BCUT2D eigenvalue weighted by Crippen LogP contribution is -2.25. The number of hydrogen-bond donors (Lipinski definition) is 2. The van der Waals surface area contributed by atoms with E-state index in [4.69, 9.17) is 5.11 Å². The first kappa shape index (κ1) is 9.98. The number of anilines is 1. The highest BCUT2D eigenvalue weighted by Crippen LogP contribution is 2.19. The van der Waals surface area contributed by atoms with Crippen LogP contribution in [0.15, 0.2) is 5.38 Å². The van der Waals surface area contributed by atoms with Gasteiger partial charge in [-0.2, -0.15) is 0 Å². The number of carbonyl (C=O) groups is 1. The van der Waals surface area contributed by atoms with Gasteiger partial charge in [0.05, 0.1) is 0 Å². The first-order chi connectivity index (χ1) is 5.88. The molecule has 0 saturated heterocycles. The van der Waals surface area contributed by atoms with Gasteiger partial charge in [0.25, 0.3) is 0 Å². The van der Waals surface area contributed by atoms with Gasteiger partial charge in [-0.25, -0.2) is 9.78 Å². The Bertz CT molecular complexity index is 314. The Morgan fingerprint density at radius 3 is 2.62 bits per heavy atom. The van der Waals surface area contributed by atoms with Gasteiger partial charge in [0.15, 0.2) is 10.8 Å². The third-order valence-corrected chi connectivity index (χ3v) is 1.96. The highest BCUT2D eigenvalue weighted by Gasteiger charge is 2.13. The quantitative estimate of drug-likeness (QED) is 0.767. The zero-order chi connectivity index (χ0) is 10.1. The predicted octanol–water partition coefficient (Wildman–Crippen LogP) is 2.05. The number of hydrogen-bond acceptors (Lipinski definition) is 4. The number of aromatic carboxylic acids is 1. The summed E-state index contributed by atoms with van der Waals surface area (Å²) in [5, 5.41) is 13.9. The van der Waals surface area contributed by atoms with Gasteiger partial charge in [0, 0.05) is 10.9 Å². The second-order valence-electron chi connectivity index (χ2n) is 3.72. The topological polar surface area (TPSA) is 62.2 Å². The molecule has 1 rings (SSSR count). The first-order valence-electron chi connectivity index (χ1n) is 3.85. The van der Waals surface area contributed by atoms with Gasteiger partial charge in [0.1, 0.15) is 0 Å². The molecule has 0 fully saturated rings. The second-order valence-corrected chi connectivity index (χ2v) is 4.58. The van der Waals surface area contributed by atoms with Gasteiger partial charge in [-0.3, -0.25) is 0 Å². The highest BCUT2D eigenvalue weighted by atomic mass is 32.1. The molecule has 0 bridgehead atoms. The maximum Gasteiger partial charge on any atom is 0.355 e. The van der Waals surface area contributed by atoms with Crippen molar-refractivity contribution in [1.29, 1.82) is 0 Å². The summed E-state index contributed by atoms with van der Waals surface area (Å²) in [4.78, 5) is 14.4. The summed E-state index contributed by atoms with van der Waals surface area (Å²) < 4.78 is 0. The third kappa shape index (κ3) is 3.02. The largest absolute Gasteiger partial charge is 0.476 e. The van der Waals surface area contributed by atoms with Gasteiger partial charge >= 0.3 is 5.97 Å². The smallest absolute Gasteiger partial charge is 0.355 e. The highest BCUT2D eigenvalue weighted by molar-refractivity contribution is 7.13. The molecule has 0 saturated carbocycles. The molecule has 0 unspecified atom stereocenters. The van der Waals surface area contributed by atoms with Crippen LogP contribution >= 0.6 is 11.3 Å². The summed E-state index contributed by atoms with van der Waals surface area (Å²) in [6, 6.07) is 0. The fraction of sp³-hybridized carbons (Fsp3) is 0.500. The van der Waals surface area contributed by atoms with E-state index in [1.54, 1.807) is 0 Å². The van der Waals surface area contributed by atoms with E-state index in [0.29, 0.717) is 5.13 Å². The van der Waals surface area contributed by atoms with Crippen molar-refractivity contribution in [3.05, 3.63) is 11.1 Å². The van der Waals surface area contributed by atoms with E-state index in [1.165, 1.54) is 16.7 Å². The van der Waals surface area contributed by atoms with Crippen LogP contribution in [-0.2, 0) is 0 Å². The second kappa shape index (κ2) is 3.33. The van der Waals surface area contributed by atoms with Crippen molar-refractivity contribution < 1.29 is 9.90 Å². The van der Waals surface area contributed by atoms with E-state index in [-0.39, 0.29) is 11.2 Å². The molecule has 72 valence electrons. The van der Waals surface area contributed by atoms with Crippen LogP contribution in [0.4, 0.5) is 5.13 Å². The number of nitrogens with one attached hydrogen (secondary N) is 1. The van der Waals surface area contributed by atoms with Crippen LogP contribution in [-0.4, -0.2) is 21.6 Å². The molecule has 0 aliphatic carbocycles. The Kier molecular flexibility index (Phi) is 2.56. The normalized spacial score (nSPS) is 11.3. The SMILES string of the molecule is CC(C)(C)Nc1nc(C(=O)O)cs1. The van der Waals surface area contributed by atoms with Gasteiger partial charge in [-0.15, -0.1) is 11.3 Å². The minimum atomic E-state index is -0.988. The van der Waals surface area contributed by atoms with Gasteiger partial charge in [-0.1, -0.05) is 0 Å². The Hall–Kier alpha value is -1.10. The van der Waals surface area contributed by atoms with Gasteiger partial charge in [0.2, 0.25) is 0 Å². The molecule has 13 heavy (non-hydrogen) atoms. The van der Waals surface area contributed by atoms with Crippen molar-refractivity contribution in [2.45, 2.75) is 26.3 Å². The predicted molar refractivity (Wildman–Crippen MR) is 52.4 cm³/mol. The molecule has 4 nitrogen and oxygen atoms in total. The molecule has 1 aromatic rings. The average molecular weight is 200 g/mol. The standard InChI is InChI=1S/C8H12N2O2S/c1-8(2,3)10-7-9-5(4-13-7)6(11)12/h4H,1-3H3,(H,9,10)(H,11,12). The summed E-state index contributed by atoms with van der Waals surface area (Å²) in [6.07, 6.45) is 0. The minimum absolute atomic E-state index is 0.0897. The fourth-order valence-corrected chi connectivity index (χ4v) is 1.64. The Morgan fingerprint density at radius 1 is 1.62 bits per heavy atom. The number of thiazole rings is 1. The molecule has 0 aliphatic rings. The van der Waals surface area contributed by atoms with Crippen LogP contribution in [0.1, 0.15) is 31.3 Å². The van der Waals surface area contributed by atoms with Crippen molar-refractivity contribution in [2.24, 2.45) is 0 Å². The molecule has 0 amide bonds. The molecular formula is C8H12N2O2S. The number of rotatable bonds is 2. The van der Waals surface area contributed by atoms with E-state index >= 15 is 0 Å². The first-order valence-corrected chi connectivity index (χ1v) is 4.73. The van der Waals surface area contributed by atoms with Crippen LogP contribution in [0.25, 0.3) is 0 Å². The van der Waals surface area contributed by atoms with Crippen molar-refractivity contribution in [1.82, 2.24) is 4.98 Å². The van der Waals surface area contributed by atoms with E-state index in [9.17, 15) is 4.79 Å². The number of nitrogens with zero attached hydrogens (tertiary/aromatic N) is 1. The number of carboxylic acid groups (broad SMARTS) is 1. The van der Waals surface area contributed by atoms with Crippen LogP contribution in [0.2, 0.25) is 0 Å². The van der Waals surface area contributed by atoms with Crippen LogP contribution in [0.5, 0.6) is 0 Å². The van der Waals surface area contributed by atoms with Gasteiger partial charge in [-0.05, 0) is 20.8 Å². The van der Waals surface area contributed by atoms with E-state index in [1.807, 2.05) is 20.8 Å². The third-order valence-electron chi connectivity index (χ3n) is 1.21. The monoisotopic (exact) mass is 200 g/mol. The van der Waals surface area contributed by atoms with Crippen molar-refractivity contribution in [3.63, 3.8) is 0 Å². The zero-order valence-corrected chi connectivity index (χ0v) is 8.60. The maximum atomic E-state index is 10.5. The average Bonchev–Trinajstić information content (AvgIpc) is 2.31. The molecular weight excluding hydrogens is 188 g/mol. The number of aromatic nitrogens is 1. The van der Waals surface area contributed by atoms with Crippen molar-refractivity contribution in [2.75, 3.05) is 5.32 Å². The van der Waals surface area contributed by atoms with E-state index in [2.05, 4.69) is 10.3 Å². The molecule has 0 radical (unpaired) electrons. The summed E-state index contributed by atoms with van der Waals surface area (Å²) in [7, 11) is 0. The Labute approximate surface area is 80.6 Å². The lowest BCUT2D eigenvalue weighted by atomic mass is 10.1. The molecule has 0 aromatic carbocycles. The minimum Gasteiger partial charge on any atom is -0.476 e. The van der Waals surface area contributed by atoms with Gasteiger partial charge < -0.3 is 10.4 Å². The van der Waals surface area contributed by atoms with E-state index in [0.717, 1.165) is 0 Å². The molecule has 0 spiro atoms. The van der Waals surface area contributed by atoms with Crippen LogP contribution < -0.4 is 5.32 Å².